The van der Waals surface area contributed by atoms with E-state index >= 15 is 0 Å². The van der Waals surface area contributed by atoms with E-state index in [1.807, 2.05) is 42.5 Å². The maximum atomic E-state index is 9.24. The van der Waals surface area contributed by atoms with Crippen molar-refractivity contribution in [3.63, 3.8) is 0 Å². The average Bonchev–Trinajstić information content (AvgIpc) is 2.99. The fourth-order valence-electron chi connectivity index (χ4n) is 2.63. The smallest absolute Gasteiger partial charge is 0.134 e. The summed E-state index contributed by atoms with van der Waals surface area (Å²) in [6, 6.07) is 14.5. The van der Waals surface area contributed by atoms with Crippen LogP contribution in [0.15, 0.2) is 46.9 Å². The van der Waals surface area contributed by atoms with Crippen molar-refractivity contribution in [3.05, 3.63) is 48.2 Å². The number of benzene rings is 1. The summed E-state index contributed by atoms with van der Waals surface area (Å²) in [4.78, 5) is 2.29. The quantitative estimate of drug-likeness (QED) is 0.938. The zero-order chi connectivity index (χ0) is 14.7. The molecule has 1 aliphatic rings. The van der Waals surface area contributed by atoms with E-state index < -0.39 is 0 Å². The van der Waals surface area contributed by atoms with Crippen LogP contribution in [-0.2, 0) is 11.3 Å². The Morgan fingerprint density at radius 1 is 1.19 bits per heavy atom. The number of ether oxygens (including phenoxy) is 1. The van der Waals surface area contributed by atoms with Crippen molar-refractivity contribution in [3.8, 4) is 11.3 Å². The molecule has 2 atom stereocenters. The van der Waals surface area contributed by atoms with Crippen molar-refractivity contribution in [2.75, 3.05) is 19.8 Å². The Kier molecular flexibility index (Phi) is 4.39. The van der Waals surface area contributed by atoms with Crippen LogP contribution < -0.4 is 0 Å². The number of hydrogen-bond acceptors (Lipinski definition) is 4. The van der Waals surface area contributed by atoms with E-state index in [1.165, 1.54) is 0 Å². The lowest BCUT2D eigenvalue weighted by Crippen LogP contribution is -2.48. The molecule has 1 aromatic heterocycles. The van der Waals surface area contributed by atoms with Crippen molar-refractivity contribution in [1.29, 1.82) is 0 Å². The highest BCUT2D eigenvalue weighted by Crippen LogP contribution is 2.23. The second-order valence-corrected chi connectivity index (χ2v) is 5.55. The SMILES string of the molecule is C[C@@H]1CO[C@H](CO)CN1Cc1ccc(-c2ccccc2)o1. The van der Waals surface area contributed by atoms with Gasteiger partial charge in [0, 0.05) is 18.2 Å². The fraction of sp³-hybridized carbons (Fsp3) is 0.412. The maximum absolute atomic E-state index is 9.24. The van der Waals surface area contributed by atoms with Crippen LogP contribution in [0.25, 0.3) is 11.3 Å². The van der Waals surface area contributed by atoms with Crippen molar-refractivity contribution in [1.82, 2.24) is 4.90 Å². The predicted molar refractivity (Wildman–Crippen MR) is 80.8 cm³/mol. The zero-order valence-corrected chi connectivity index (χ0v) is 12.2. The molecule has 21 heavy (non-hydrogen) atoms. The molecule has 1 saturated heterocycles. The molecule has 1 aromatic carbocycles. The Bertz CT molecular complexity index is 566. The van der Waals surface area contributed by atoms with Gasteiger partial charge in [0.15, 0.2) is 0 Å². The summed E-state index contributed by atoms with van der Waals surface area (Å²) in [5, 5.41) is 9.24. The molecule has 1 aliphatic heterocycles. The van der Waals surface area contributed by atoms with E-state index in [9.17, 15) is 5.11 Å². The molecule has 112 valence electrons. The first-order valence-electron chi connectivity index (χ1n) is 7.37. The Balaban J connectivity index is 1.69. The molecule has 0 radical (unpaired) electrons. The van der Waals surface area contributed by atoms with Crippen LogP contribution in [0.5, 0.6) is 0 Å². The summed E-state index contributed by atoms with van der Waals surface area (Å²) in [6.45, 7) is 4.33. The number of aliphatic hydroxyl groups excluding tert-OH is 1. The minimum Gasteiger partial charge on any atom is -0.460 e. The molecular weight excluding hydrogens is 266 g/mol. The van der Waals surface area contributed by atoms with Gasteiger partial charge in [-0.2, -0.15) is 0 Å². The minimum atomic E-state index is -0.0928. The normalized spacial score (nSPS) is 23.3. The molecule has 4 heteroatoms. The highest BCUT2D eigenvalue weighted by Gasteiger charge is 2.26. The predicted octanol–water partition coefficient (Wildman–Crippen LogP) is 2.53. The van der Waals surface area contributed by atoms with E-state index in [1.54, 1.807) is 0 Å². The summed E-state index contributed by atoms with van der Waals surface area (Å²) >= 11 is 0. The highest BCUT2D eigenvalue weighted by molar-refractivity contribution is 5.57. The largest absolute Gasteiger partial charge is 0.460 e. The lowest BCUT2D eigenvalue weighted by molar-refractivity contribution is -0.0819. The summed E-state index contributed by atoms with van der Waals surface area (Å²) in [5.74, 6) is 1.84. The topological polar surface area (TPSA) is 45.8 Å². The molecule has 0 bridgehead atoms. The van der Waals surface area contributed by atoms with Gasteiger partial charge < -0.3 is 14.3 Å². The molecule has 3 rings (SSSR count). The number of aliphatic hydroxyl groups is 1. The molecule has 1 N–H and O–H groups in total. The van der Waals surface area contributed by atoms with Gasteiger partial charge in [-0.1, -0.05) is 30.3 Å². The van der Waals surface area contributed by atoms with E-state index in [0.717, 1.165) is 30.2 Å². The Hall–Kier alpha value is -1.62. The molecule has 0 saturated carbocycles. The lowest BCUT2D eigenvalue weighted by Gasteiger charge is -2.36. The second-order valence-electron chi connectivity index (χ2n) is 5.55. The maximum Gasteiger partial charge on any atom is 0.134 e. The third kappa shape index (κ3) is 3.35. The number of nitrogens with zero attached hydrogens (tertiary/aromatic N) is 1. The molecule has 2 heterocycles. The van der Waals surface area contributed by atoms with Crippen LogP contribution in [0, 0.1) is 0 Å². The van der Waals surface area contributed by atoms with Crippen molar-refractivity contribution >= 4 is 0 Å². The molecule has 0 amide bonds. The van der Waals surface area contributed by atoms with Gasteiger partial charge in [0.2, 0.25) is 0 Å². The van der Waals surface area contributed by atoms with Gasteiger partial charge in [-0.25, -0.2) is 0 Å². The van der Waals surface area contributed by atoms with Gasteiger partial charge in [0.1, 0.15) is 11.5 Å². The Morgan fingerprint density at radius 2 is 2.00 bits per heavy atom. The van der Waals surface area contributed by atoms with Crippen LogP contribution in [0.2, 0.25) is 0 Å². The van der Waals surface area contributed by atoms with Crippen LogP contribution in [0.3, 0.4) is 0 Å². The molecule has 0 spiro atoms. The minimum absolute atomic E-state index is 0.0661. The molecule has 2 aromatic rings. The van der Waals surface area contributed by atoms with Crippen LogP contribution in [-0.4, -0.2) is 41.9 Å². The Morgan fingerprint density at radius 3 is 2.76 bits per heavy atom. The van der Waals surface area contributed by atoms with E-state index in [4.69, 9.17) is 9.15 Å². The highest BCUT2D eigenvalue weighted by atomic mass is 16.5. The standard InChI is InChI=1S/C17H21NO3/c1-13-12-20-16(11-19)10-18(13)9-15-7-8-17(21-15)14-5-3-2-4-6-14/h2-8,13,16,19H,9-12H2,1H3/t13-,16+/m1/s1. The summed E-state index contributed by atoms with van der Waals surface area (Å²) in [7, 11) is 0. The first kappa shape index (κ1) is 14.3. The third-order valence-electron chi connectivity index (χ3n) is 3.92. The average molecular weight is 287 g/mol. The van der Waals surface area contributed by atoms with E-state index in [2.05, 4.69) is 11.8 Å². The monoisotopic (exact) mass is 287 g/mol. The summed E-state index contributed by atoms with van der Waals surface area (Å²) < 4.78 is 11.5. The van der Waals surface area contributed by atoms with Gasteiger partial charge >= 0.3 is 0 Å². The molecule has 1 fully saturated rings. The molecule has 4 nitrogen and oxygen atoms in total. The Labute approximate surface area is 124 Å². The van der Waals surface area contributed by atoms with Gasteiger partial charge in [-0.15, -0.1) is 0 Å². The summed E-state index contributed by atoms with van der Waals surface area (Å²) in [6.07, 6.45) is -0.0928. The number of hydrogen-bond donors (Lipinski definition) is 1. The van der Waals surface area contributed by atoms with Gasteiger partial charge in [-0.3, -0.25) is 4.90 Å². The molecule has 0 aliphatic carbocycles. The van der Waals surface area contributed by atoms with Gasteiger partial charge in [-0.05, 0) is 19.1 Å². The van der Waals surface area contributed by atoms with Crippen molar-refractivity contribution in [2.45, 2.75) is 25.6 Å². The van der Waals surface area contributed by atoms with Gasteiger partial charge in [0.25, 0.3) is 0 Å². The third-order valence-corrected chi connectivity index (χ3v) is 3.92. The van der Waals surface area contributed by atoms with E-state index in [0.29, 0.717) is 12.6 Å². The summed E-state index contributed by atoms with van der Waals surface area (Å²) in [5.41, 5.74) is 1.09. The first-order chi connectivity index (χ1) is 10.3. The van der Waals surface area contributed by atoms with Crippen LogP contribution in [0.4, 0.5) is 0 Å². The molecule has 0 unspecified atom stereocenters. The zero-order valence-electron chi connectivity index (χ0n) is 12.2. The lowest BCUT2D eigenvalue weighted by atomic mass is 10.2. The number of morpholine rings is 1. The van der Waals surface area contributed by atoms with Crippen LogP contribution >= 0.6 is 0 Å². The van der Waals surface area contributed by atoms with E-state index in [-0.39, 0.29) is 12.7 Å². The van der Waals surface area contributed by atoms with Crippen molar-refractivity contribution in [2.24, 2.45) is 0 Å². The number of furan rings is 1. The van der Waals surface area contributed by atoms with Crippen molar-refractivity contribution < 1.29 is 14.3 Å². The van der Waals surface area contributed by atoms with Crippen LogP contribution in [0.1, 0.15) is 12.7 Å². The van der Waals surface area contributed by atoms with Gasteiger partial charge in [0.05, 0.1) is 25.9 Å². The first-order valence-corrected chi connectivity index (χ1v) is 7.37. The number of rotatable bonds is 4. The molecular formula is C17H21NO3. The fourth-order valence-corrected chi connectivity index (χ4v) is 2.63. The second kappa shape index (κ2) is 6.43.